The summed E-state index contributed by atoms with van der Waals surface area (Å²) in [5.41, 5.74) is 6.86. The van der Waals surface area contributed by atoms with Gasteiger partial charge in [0.1, 0.15) is 19.4 Å². The molecule has 0 spiro atoms. The van der Waals surface area contributed by atoms with E-state index in [1.54, 1.807) is 97.1 Å². The van der Waals surface area contributed by atoms with Crippen molar-refractivity contribution in [2.75, 3.05) is 33.2 Å². The van der Waals surface area contributed by atoms with Crippen molar-refractivity contribution in [3.63, 3.8) is 0 Å². The molecule has 7 rings (SSSR count). The smallest absolute Gasteiger partial charge is 0.416 e. The first kappa shape index (κ1) is 68.7. The van der Waals surface area contributed by atoms with Crippen LogP contribution < -0.4 is 5.32 Å². The molecule has 2 fully saturated rings. The number of aryl methyl sites for hydroxylation is 1. The van der Waals surface area contributed by atoms with Crippen molar-refractivity contribution >= 4 is 46.4 Å². The second-order valence-corrected chi connectivity index (χ2v) is 31.4. The Hall–Kier alpha value is -7.11. The maximum atomic E-state index is 13.9. The number of tetrazole rings is 1. The van der Waals surface area contributed by atoms with Gasteiger partial charge in [0.2, 0.25) is 20.0 Å². The topological polar surface area (TPSA) is 255 Å². The van der Waals surface area contributed by atoms with Gasteiger partial charge in [0.15, 0.2) is 5.82 Å². The highest BCUT2D eigenvalue weighted by Gasteiger charge is 2.40. The minimum absolute atomic E-state index is 0.0606. The minimum atomic E-state index is -4.61. The number of amides is 3. The molecule has 2 saturated heterocycles. The van der Waals surface area contributed by atoms with Gasteiger partial charge in [-0.05, 0) is 160 Å². The van der Waals surface area contributed by atoms with Gasteiger partial charge in [-0.15, -0.1) is 9.88 Å². The summed E-state index contributed by atoms with van der Waals surface area (Å²) in [5.74, 6) is 0.229. The molecule has 1 N–H and O–H groups in total. The van der Waals surface area contributed by atoms with Crippen LogP contribution in [0.5, 0.6) is 0 Å². The van der Waals surface area contributed by atoms with Crippen LogP contribution in [0, 0.1) is 0 Å². The van der Waals surface area contributed by atoms with Gasteiger partial charge in [-0.25, -0.2) is 31.1 Å². The molecule has 2 unspecified atom stereocenters. The van der Waals surface area contributed by atoms with E-state index in [4.69, 9.17) is 15.0 Å². The number of azide groups is 1. The lowest BCUT2D eigenvalue weighted by atomic mass is 10.1. The van der Waals surface area contributed by atoms with Gasteiger partial charge in [0.05, 0.1) is 20.9 Å². The average molecular weight is 1250 g/mol. The van der Waals surface area contributed by atoms with Crippen molar-refractivity contribution in [1.29, 1.82) is 0 Å². The first-order chi connectivity index (χ1) is 39.3. The zero-order valence-electron chi connectivity index (χ0n) is 49.1. The molecule has 0 bridgehead atoms. The first-order valence-electron chi connectivity index (χ1n) is 26.9. The molecule has 85 heavy (non-hydrogen) atoms. The molecule has 0 aliphatic carbocycles. The zero-order valence-corrected chi connectivity index (χ0v) is 51.8. The van der Waals surface area contributed by atoms with Crippen LogP contribution in [0.1, 0.15) is 99.8 Å². The molecule has 5 aromatic rings. The Morgan fingerprint density at radius 3 is 1.36 bits per heavy atom. The van der Waals surface area contributed by atoms with Gasteiger partial charge in [-0.3, -0.25) is 4.79 Å². The van der Waals surface area contributed by atoms with E-state index in [1.807, 2.05) is 19.6 Å². The molecule has 464 valence electrons. The van der Waals surface area contributed by atoms with E-state index in [2.05, 4.69) is 30.5 Å². The third-order valence-electron chi connectivity index (χ3n) is 12.8. The van der Waals surface area contributed by atoms with Crippen LogP contribution in [-0.4, -0.2) is 138 Å². The SMILES string of the molecule is CNC(=O)c1ccc(CN(C2CCCN(C(=O)OC(C)(C)C)C2)S(=O)(=O)c2ccc(C(F)(F)F)cc2)cc1.C[Si](C)(C)N=[N+]=[N-].Cn1nnnc1-c1ccc(CN(C2CCCN(C(=O)OC(C)(C)C)C2)S(=O)(=O)c2ccc(C(F)(F)F)cc2)cc1. The Kier molecular flexibility index (Phi) is 22.6. The Morgan fingerprint density at radius 1 is 0.671 bits per heavy atom. The third kappa shape index (κ3) is 20.0. The van der Waals surface area contributed by atoms with Gasteiger partial charge in [-0.2, -0.15) is 35.0 Å². The van der Waals surface area contributed by atoms with Crippen LogP contribution >= 0.6 is 0 Å². The monoisotopic (exact) mass is 1250 g/mol. The summed E-state index contributed by atoms with van der Waals surface area (Å²) in [5, 5.41) is 13.9. The summed E-state index contributed by atoms with van der Waals surface area (Å²) in [6.07, 6.45) is -8.38. The molecule has 2 aliphatic rings. The van der Waals surface area contributed by atoms with Crippen molar-refractivity contribution in [2.45, 2.75) is 145 Å². The van der Waals surface area contributed by atoms with Gasteiger partial charge >= 0.3 is 24.5 Å². The predicted octanol–water partition coefficient (Wildman–Crippen LogP) is 11.3. The van der Waals surface area contributed by atoms with Crippen LogP contribution in [0.15, 0.2) is 112 Å². The first-order valence-corrected chi connectivity index (χ1v) is 33.2. The Labute approximate surface area is 492 Å². The largest absolute Gasteiger partial charge is 0.444 e. The number of carbonyl (C=O) groups is 3. The van der Waals surface area contributed by atoms with Gasteiger partial charge < -0.3 is 24.6 Å². The van der Waals surface area contributed by atoms with E-state index in [-0.39, 0.29) is 41.9 Å². The molecule has 4 aromatic carbocycles. The quantitative estimate of drug-likeness (QED) is 0.0380. The predicted molar refractivity (Wildman–Crippen MR) is 307 cm³/mol. The summed E-state index contributed by atoms with van der Waals surface area (Å²) in [7, 11) is -6.78. The van der Waals surface area contributed by atoms with Crippen LogP contribution in [0.25, 0.3) is 21.8 Å². The molecular weight excluding hydrogens is 1180 g/mol. The van der Waals surface area contributed by atoms with E-state index in [0.717, 1.165) is 54.1 Å². The molecule has 30 heteroatoms. The Morgan fingerprint density at radius 2 is 1.06 bits per heavy atom. The number of hydrogen-bond acceptors (Lipinski definition) is 13. The number of carbonyl (C=O) groups excluding carboxylic acids is 3. The van der Waals surface area contributed by atoms with Crippen molar-refractivity contribution in [1.82, 2.24) is 43.9 Å². The number of aromatic nitrogens is 4. The summed E-state index contributed by atoms with van der Waals surface area (Å²) in [4.78, 5) is 42.4. The number of likely N-dealkylation sites (tertiary alicyclic amines) is 2. The average Bonchev–Trinajstić information content (AvgIpc) is 3.90. The summed E-state index contributed by atoms with van der Waals surface area (Å²) in [6, 6.07) is 18.9. The lowest BCUT2D eigenvalue weighted by molar-refractivity contribution is -0.138. The Bertz CT molecular complexity index is 3350. The minimum Gasteiger partial charge on any atom is -0.444 e. The van der Waals surface area contributed by atoms with Gasteiger partial charge in [-0.1, -0.05) is 56.0 Å². The van der Waals surface area contributed by atoms with Crippen LogP contribution in [0.2, 0.25) is 19.6 Å². The van der Waals surface area contributed by atoms with E-state index < -0.39 is 87.2 Å². The maximum absolute atomic E-state index is 13.9. The van der Waals surface area contributed by atoms with Crippen molar-refractivity contribution in [3.05, 3.63) is 135 Å². The standard InChI is InChI=1S/C26H31F3N6O4S.C26H32F3N3O5S.C3H9N3Si/c1-25(2,3)39-24(36)34-15-5-6-21(17-34)35(40(37,38)22-13-11-20(12-14-22)26(27,28)29)16-18-7-9-19(10-8-18)23-30-31-32-33(23)4;1-25(2,3)37-24(34)31-15-5-6-21(17-31)32(16-18-7-9-19(10-8-18)23(33)30-4)38(35,36)22-13-11-20(12-14-22)26(27,28)29;1-7(2,3)6-5-4/h7-14,21H,5-6,15-17H2,1-4H3;7-14,21H,5-6,15-17H2,1-4H3,(H,30,33);1-3H3. The highest BCUT2D eigenvalue weighted by Crippen LogP contribution is 2.34. The Balaban J connectivity index is 0.000000279. The van der Waals surface area contributed by atoms with Crippen molar-refractivity contribution in [2.24, 2.45) is 11.8 Å². The number of sulfonamides is 2. The number of nitrogens with one attached hydrogen (secondary N) is 1. The van der Waals surface area contributed by atoms with Crippen LogP contribution in [0.4, 0.5) is 35.9 Å². The van der Waals surface area contributed by atoms with Crippen LogP contribution in [0.3, 0.4) is 0 Å². The number of alkyl halides is 6. The number of benzene rings is 4. The highest BCUT2D eigenvalue weighted by molar-refractivity contribution is 7.89. The molecule has 1 aromatic heterocycles. The summed E-state index contributed by atoms with van der Waals surface area (Å²) >= 11 is 0. The molecule has 0 saturated carbocycles. The number of hydrogen-bond donors (Lipinski definition) is 1. The lowest BCUT2D eigenvalue weighted by Gasteiger charge is -2.39. The zero-order chi connectivity index (χ0) is 63.5. The second-order valence-electron chi connectivity index (χ2n) is 23.0. The molecule has 21 nitrogen and oxygen atoms in total. The lowest BCUT2D eigenvalue weighted by Crippen LogP contribution is -2.52. The number of halogens is 6. The van der Waals surface area contributed by atoms with E-state index in [1.165, 1.54) is 30.1 Å². The number of piperidine rings is 2. The molecule has 3 heterocycles. The van der Waals surface area contributed by atoms with Crippen molar-refractivity contribution in [3.8, 4) is 11.4 Å². The normalized spacial score (nSPS) is 16.3. The maximum Gasteiger partial charge on any atom is 0.416 e. The second kappa shape index (κ2) is 27.9. The van der Waals surface area contributed by atoms with Gasteiger partial charge in [0, 0.05) is 76.6 Å². The number of rotatable bonds is 13. The summed E-state index contributed by atoms with van der Waals surface area (Å²) < 4.78 is 152. The molecular formula is C55H72F6N12O9S2Si. The molecule has 2 aliphatic heterocycles. The van der Waals surface area contributed by atoms with E-state index >= 15 is 0 Å². The summed E-state index contributed by atoms with van der Waals surface area (Å²) in [6.45, 7) is 17.2. The highest BCUT2D eigenvalue weighted by atomic mass is 32.2. The molecule has 2 atom stereocenters. The van der Waals surface area contributed by atoms with E-state index in [0.29, 0.717) is 61.3 Å². The van der Waals surface area contributed by atoms with Crippen LogP contribution in [-0.2, 0) is 62.0 Å². The number of ether oxygens (including phenoxy) is 2. The van der Waals surface area contributed by atoms with E-state index in [9.17, 15) is 57.6 Å². The molecule has 3 amide bonds. The molecule has 0 radical (unpaired) electrons. The fourth-order valence-electron chi connectivity index (χ4n) is 8.72. The fraction of sp³-hybridized carbons (Fsp3) is 0.491. The number of nitrogens with zero attached hydrogens (tertiary/aromatic N) is 11. The third-order valence-corrected chi connectivity index (χ3v) is 17.3. The fourth-order valence-corrected chi connectivity index (χ4v) is 12.3. The van der Waals surface area contributed by atoms with Crippen molar-refractivity contribution < 1.29 is 67.0 Å². The van der Waals surface area contributed by atoms with Gasteiger partial charge in [0.25, 0.3) is 5.91 Å².